The summed E-state index contributed by atoms with van der Waals surface area (Å²) in [7, 11) is 1.64. The minimum absolute atomic E-state index is 0.214. The van der Waals surface area contributed by atoms with E-state index in [0.717, 1.165) is 22.2 Å². The van der Waals surface area contributed by atoms with E-state index in [1.165, 1.54) is 0 Å². The van der Waals surface area contributed by atoms with E-state index in [4.69, 9.17) is 9.47 Å². The van der Waals surface area contributed by atoms with Gasteiger partial charge in [0.05, 0.1) is 19.8 Å². The summed E-state index contributed by atoms with van der Waals surface area (Å²) in [5, 5.41) is 0.986. The molecule has 0 saturated carbocycles. The minimum atomic E-state index is -0.339. The van der Waals surface area contributed by atoms with Gasteiger partial charge in [0.25, 0.3) is 0 Å². The van der Waals surface area contributed by atoms with E-state index >= 15 is 0 Å². The Kier molecular flexibility index (Phi) is 4.89. The molecule has 0 saturated heterocycles. The fourth-order valence-electron chi connectivity index (χ4n) is 3.05. The van der Waals surface area contributed by atoms with Crippen LogP contribution in [0.5, 0.6) is 5.75 Å². The van der Waals surface area contributed by atoms with E-state index in [9.17, 15) is 4.79 Å². The van der Waals surface area contributed by atoms with Gasteiger partial charge in [-0.05, 0) is 36.8 Å². The van der Waals surface area contributed by atoms with Gasteiger partial charge in [-0.1, -0.05) is 36.4 Å². The summed E-state index contributed by atoms with van der Waals surface area (Å²) in [5.41, 5.74) is 2.45. The maximum atomic E-state index is 12.5. The molecule has 1 aromatic heterocycles. The van der Waals surface area contributed by atoms with Gasteiger partial charge in [-0.2, -0.15) is 0 Å². The zero-order valence-corrected chi connectivity index (χ0v) is 14.4. The summed E-state index contributed by atoms with van der Waals surface area (Å²) in [4.78, 5) is 12.5. The molecule has 0 aliphatic heterocycles. The SMILES string of the molecule is C=C[C@H](c1cccc(OC)c1)n1c(C(=O)OCC)cc2ccccc21. The van der Waals surface area contributed by atoms with Crippen molar-refractivity contribution in [3.8, 4) is 5.75 Å². The summed E-state index contributed by atoms with van der Waals surface area (Å²) in [6.45, 7) is 6.12. The topological polar surface area (TPSA) is 40.5 Å². The molecule has 3 rings (SSSR count). The first-order valence-electron chi connectivity index (χ1n) is 8.23. The van der Waals surface area contributed by atoms with Gasteiger partial charge < -0.3 is 14.0 Å². The molecule has 1 atom stereocenters. The fourth-order valence-corrected chi connectivity index (χ4v) is 3.05. The lowest BCUT2D eigenvalue weighted by atomic mass is 10.1. The number of nitrogens with zero attached hydrogens (tertiary/aromatic N) is 1. The molecule has 0 aliphatic rings. The van der Waals surface area contributed by atoms with E-state index in [1.807, 2.05) is 65.2 Å². The molecule has 4 nitrogen and oxygen atoms in total. The van der Waals surface area contributed by atoms with Crippen molar-refractivity contribution >= 4 is 16.9 Å². The summed E-state index contributed by atoms with van der Waals surface area (Å²) in [6.07, 6.45) is 1.82. The molecule has 1 heterocycles. The van der Waals surface area contributed by atoms with Gasteiger partial charge in [-0.3, -0.25) is 0 Å². The van der Waals surface area contributed by atoms with Crippen molar-refractivity contribution in [2.75, 3.05) is 13.7 Å². The van der Waals surface area contributed by atoms with Gasteiger partial charge >= 0.3 is 5.97 Å². The van der Waals surface area contributed by atoms with E-state index in [2.05, 4.69) is 6.58 Å². The maximum absolute atomic E-state index is 12.5. The molecule has 0 fully saturated rings. The molecule has 2 aromatic carbocycles. The molecule has 0 radical (unpaired) electrons. The number of methoxy groups -OCH3 is 1. The van der Waals surface area contributed by atoms with Crippen LogP contribution >= 0.6 is 0 Å². The quantitative estimate of drug-likeness (QED) is 0.488. The van der Waals surface area contributed by atoms with Crippen molar-refractivity contribution in [3.63, 3.8) is 0 Å². The second-order valence-electron chi connectivity index (χ2n) is 5.64. The average molecular weight is 335 g/mol. The molecular weight excluding hydrogens is 314 g/mol. The molecular formula is C21H21NO3. The Hall–Kier alpha value is -3.01. The Balaban J connectivity index is 2.21. The van der Waals surface area contributed by atoms with Crippen LogP contribution in [-0.2, 0) is 4.74 Å². The molecule has 25 heavy (non-hydrogen) atoms. The Morgan fingerprint density at radius 2 is 2.00 bits per heavy atom. The van der Waals surface area contributed by atoms with Gasteiger partial charge in [-0.25, -0.2) is 4.79 Å². The number of hydrogen-bond acceptors (Lipinski definition) is 3. The molecule has 0 N–H and O–H groups in total. The Labute approximate surface area is 147 Å². The monoisotopic (exact) mass is 335 g/mol. The highest BCUT2D eigenvalue weighted by molar-refractivity contribution is 5.96. The molecule has 0 unspecified atom stereocenters. The molecule has 128 valence electrons. The summed E-state index contributed by atoms with van der Waals surface area (Å²) >= 11 is 0. The number of esters is 1. The van der Waals surface area contributed by atoms with Crippen LogP contribution in [0.2, 0.25) is 0 Å². The number of fused-ring (bicyclic) bond motifs is 1. The first kappa shape index (κ1) is 16.8. The lowest BCUT2D eigenvalue weighted by Crippen LogP contribution is -2.16. The van der Waals surface area contributed by atoms with Gasteiger partial charge in [-0.15, -0.1) is 6.58 Å². The normalized spacial score (nSPS) is 11.9. The van der Waals surface area contributed by atoms with Crippen LogP contribution in [-0.4, -0.2) is 24.3 Å². The van der Waals surface area contributed by atoms with E-state index in [0.29, 0.717) is 12.3 Å². The molecule has 0 spiro atoms. The second kappa shape index (κ2) is 7.26. The lowest BCUT2D eigenvalue weighted by molar-refractivity contribution is 0.0514. The first-order valence-corrected chi connectivity index (χ1v) is 8.23. The standard InChI is InChI=1S/C21H21NO3/c1-4-18(15-10-8-11-17(13-15)24-3)22-19-12-7-6-9-16(19)14-20(22)21(23)25-5-2/h4,6-14,18H,1,5H2,2-3H3/t18-/m1/s1. The number of hydrogen-bond donors (Lipinski definition) is 0. The fraction of sp³-hybridized carbons (Fsp3) is 0.190. The van der Waals surface area contributed by atoms with E-state index in [-0.39, 0.29) is 12.0 Å². The maximum Gasteiger partial charge on any atom is 0.355 e. The Bertz CT molecular complexity index is 910. The largest absolute Gasteiger partial charge is 0.497 e. The van der Waals surface area contributed by atoms with Gasteiger partial charge in [0, 0.05) is 10.9 Å². The van der Waals surface area contributed by atoms with Crippen LogP contribution in [0.25, 0.3) is 10.9 Å². The number of benzene rings is 2. The van der Waals surface area contributed by atoms with Crippen molar-refractivity contribution in [3.05, 3.63) is 78.5 Å². The van der Waals surface area contributed by atoms with Crippen LogP contribution in [0.4, 0.5) is 0 Å². The second-order valence-corrected chi connectivity index (χ2v) is 5.64. The predicted octanol–water partition coefficient (Wildman–Crippen LogP) is 4.60. The number of ether oxygens (including phenoxy) is 2. The van der Waals surface area contributed by atoms with Gasteiger partial charge in [0.2, 0.25) is 0 Å². The molecule has 0 bridgehead atoms. The molecule has 3 aromatic rings. The van der Waals surface area contributed by atoms with Crippen molar-refractivity contribution < 1.29 is 14.3 Å². The van der Waals surface area contributed by atoms with Gasteiger partial charge in [0.15, 0.2) is 0 Å². The van der Waals surface area contributed by atoms with E-state index < -0.39 is 0 Å². The molecule has 0 amide bonds. The highest BCUT2D eigenvalue weighted by Gasteiger charge is 2.22. The number of allylic oxidation sites excluding steroid dienone is 1. The number of rotatable bonds is 6. The lowest BCUT2D eigenvalue weighted by Gasteiger charge is -2.20. The van der Waals surface area contributed by atoms with Crippen molar-refractivity contribution in [1.29, 1.82) is 0 Å². The van der Waals surface area contributed by atoms with Crippen LogP contribution in [0.15, 0.2) is 67.3 Å². The van der Waals surface area contributed by atoms with Crippen LogP contribution in [0.1, 0.15) is 29.0 Å². The third-order valence-electron chi connectivity index (χ3n) is 4.17. The van der Waals surface area contributed by atoms with Crippen molar-refractivity contribution in [1.82, 2.24) is 4.57 Å². The number of aromatic nitrogens is 1. The minimum Gasteiger partial charge on any atom is -0.497 e. The van der Waals surface area contributed by atoms with Gasteiger partial charge in [0.1, 0.15) is 11.4 Å². The predicted molar refractivity (Wildman–Crippen MR) is 99.2 cm³/mol. The first-order chi connectivity index (χ1) is 12.2. The molecule has 0 aliphatic carbocycles. The Morgan fingerprint density at radius 1 is 1.20 bits per heavy atom. The third kappa shape index (κ3) is 3.15. The zero-order valence-electron chi connectivity index (χ0n) is 14.4. The van der Waals surface area contributed by atoms with E-state index in [1.54, 1.807) is 14.0 Å². The van der Waals surface area contributed by atoms with Crippen LogP contribution in [0, 0.1) is 0 Å². The average Bonchev–Trinajstić information content (AvgIpc) is 3.03. The Morgan fingerprint density at radius 3 is 2.72 bits per heavy atom. The number of carbonyl (C=O) groups excluding carboxylic acids is 1. The number of para-hydroxylation sites is 1. The highest BCUT2D eigenvalue weighted by atomic mass is 16.5. The van der Waals surface area contributed by atoms with Crippen LogP contribution in [0.3, 0.4) is 0 Å². The third-order valence-corrected chi connectivity index (χ3v) is 4.17. The smallest absolute Gasteiger partial charge is 0.355 e. The summed E-state index contributed by atoms with van der Waals surface area (Å²) in [5.74, 6) is 0.423. The summed E-state index contributed by atoms with van der Waals surface area (Å²) in [6, 6.07) is 17.3. The highest BCUT2D eigenvalue weighted by Crippen LogP contribution is 2.31. The van der Waals surface area contributed by atoms with Crippen LogP contribution < -0.4 is 4.74 Å². The van der Waals surface area contributed by atoms with Crippen molar-refractivity contribution in [2.45, 2.75) is 13.0 Å². The summed E-state index contributed by atoms with van der Waals surface area (Å²) < 4.78 is 12.6. The zero-order chi connectivity index (χ0) is 17.8. The number of carbonyl (C=O) groups is 1. The van der Waals surface area contributed by atoms with Crippen molar-refractivity contribution in [2.24, 2.45) is 0 Å². The molecule has 4 heteroatoms.